The van der Waals surface area contributed by atoms with Gasteiger partial charge in [-0.05, 0) is 61.3 Å². The van der Waals surface area contributed by atoms with Crippen LogP contribution in [-0.4, -0.2) is 29.1 Å². The molecule has 1 aromatic rings. The van der Waals surface area contributed by atoms with Crippen molar-refractivity contribution in [3.63, 3.8) is 0 Å². The minimum atomic E-state index is -0.674. The number of carbonyl (C=O) groups is 1. The Morgan fingerprint density at radius 3 is 2.89 bits per heavy atom. The van der Waals surface area contributed by atoms with Crippen molar-refractivity contribution in [3.05, 3.63) is 20.8 Å². The molecule has 0 bridgehead atoms. The number of thiophene rings is 1. The highest BCUT2D eigenvalue weighted by molar-refractivity contribution is 9.11. The summed E-state index contributed by atoms with van der Waals surface area (Å²) in [6.45, 7) is 5.64. The topological polar surface area (TPSA) is 40.5 Å². The van der Waals surface area contributed by atoms with E-state index in [2.05, 4.69) is 39.9 Å². The quantitative estimate of drug-likeness (QED) is 0.916. The fraction of sp³-hybridized carbons (Fsp3) is 0.615. The van der Waals surface area contributed by atoms with Crippen molar-refractivity contribution in [3.8, 4) is 0 Å². The van der Waals surface area contributed by atoms with E-state index < -0.39 is 11.4 Å². The number of carboxylic acid groups (broad SMARTS) is 1. The van der Waals surface area contributed by atoms with Gasteiger partial charge in [-0.2, -0.15) is 0 Å². The molecule has 1 saturated heterocycles. The minimum Gasteiger partial charge on any atom is -0.481 e. The van der Waals surface area contributed by atoms with E-state index in [4.69, 9.17) is 0 Å². The Kier molecular flexibility index (Phi) is 4.14. The maximum Gasteiger partial charge on any atom is 0.310 e. The molecule has 1 aromatic heterocycles. The van der Waals surface area contributed by atoms with Crippen LogP contribution in [0.15, 0.2) is 15.9 Å². The number of aliphatic carboxylic acids is 1. The second-order valence-corrected chi connectivity index (χ2v) is 7.75. The summed E-state index contributed by atoms with van der Waals surface area (Å²) >= 11 is 5.20. The van der Waals surface area contributed by atoms with Gasteiger partial charge in [0, 0.05) is 17.5 Å². The van der Waals surface area contributed by atoms with Gasteiger partial charge in [-0.1, -0.05) is 0 Å². The van der Waals surface area contributed by atoms with Crippen LogP contribution in [0.5, 0.6) is 0 Å². The molecule has 100 valence electrons. The van der Waals surface area contributed by atoms with Gasteiger partial charge in [0.15, 0.2) is 0 Å². The van der Waals surface area contributed by atoms with Crippen molar-refractivity contribution in [1.82, 2.24) is 4.90 Å². The Morgan fingerprint density at radius 1 is 1.61 bits per heavy atom. The SMILES string of the molecule is CC(c1ccc(Br)s1)N1CCCC(C)(C(=O)O)C1. The second-order valence-electron chi connectivity index (χ2n) is 5.26. The molecular weight excluding hydrogens is 314 g/mol. The highest BCUT2D eigenvalue weighted by Gasteiger charge is 2.39. The number of carboxylic acids is 1. The van der Waals surface area contributed by atoms with E-state index in [0.717, 1.165) is 23.2 Å². The van der Waals surface area contributed by atoms with Crippen LogP contribution >= 0.6 is 27.3 Å². The summed E-state index contributed by atoms with van der Waals surface area (Å²) in [7, 11) is 0. The molecule has 1 aliphatic heterocycles. The van der Waals surface area contributed by atoms with Gasteiger partial charge in [0.2, 0.25) is 0 Å². The Bertz CT molecular complexity index is 448. The molecule has 1 aliphatic rings. The predicted octanol–water partition coefficient (Wildman–Crippen LogP) is 3.76. The average Bonchev–Trinajstić information content (AvgIpc) is 2.75. The Morgan fingerprint density at radius 2 is 2.33 bits per heavy atom. The van der Waals surface area contributed by atoms with Crippen molar-refractivity contribution in [1.29, 1.82) is 0 Å². The standard InChI is InChI=1S/C13H18BrNO2S/c1-9(10-4-5-11(14)18-10)15-7-3-6-13(2,8-15)12(16)17/h4-5,9H,3,6-8H2,1-2H3,(H,16,17). The molecule has 0 amide bonds. The number of hydrogen-bond donors (Lipinski definition) is 1. The van der Waals surface area contributed by atoms with Crippen LogP contribution in [0.4, 0.5) is 0 Å². The third-order valence-corrected chi connectivity index (χ3v) is 5.59. The maximum atomic E-state index is 11.4. The molecule has 3 nitrogen and oxygen atoms in total. The maximum absolute atomic E-state index is 11.4. The first kappa shape index (κ1) is 14.0. The summed E-state index contributed by atoms with van der Waals surface area (Å²) in [5, 5.41) is 9.34. The highest BCUT2D eigenvalue weighted by atomic mass is 79.9. The number of rotatable bonds is 3. The smallest absolute Gasteiger partial charge is 0.310 e. The zero-order valence-corrected chi connectivity index (χ0v) is 13.1. The van der Waals surface area contributed by atoms with E-state index >= 15 is 0 Å². The Hall–Kier alpha value is -0.390. The molecule has 2 unspecified atom stereocenters. The molecule has 0 saturated carbocycles. The zero-order chi connectivity index (χ0) is 13.3. The van der Waals surface area contributed by atoms with Crippen LogP contribution in [-0.2, 0) is 4.79 Å². The van der Waals surface area contributed by atoms with E-state index in [9.17, 15) is 9.90 Å². The zero-order valence-electron chi connectivity index (χ0n) is 10.6. The van der Waals surface area contributed by atoms with Gasteiger partial charge in [0.1, 0.15) is 0 Å². The normalized spacial score (nSPS) is 27.1. The third-order valence-electron chi connectivity index (χ3n) is 3.80. The lowest BCUT2D eigenvalue weighted by atomic mass is 9.81. The van der Waals surface area contributed by atoms with Crippen LogP contribution in [0, 0.1) is 5.41 Å². The minimum absolute atomic E-state index is 0.292. The predicted molar refractivity (Wildman–Crippen MR) is 77.0 cm³/mol. The van der Waals surface area contributed by atoms with Gasteiger partial charge in [0.25, 0.3) is 0 Å². The van der Waals surface area contributed by atoms with Gasteiger partial charge in [0.05, 0.1) is 9.20 Å². The summed E-state index contributed by atoms with van der Waals surface area (Å²) in [5.41, 5.74) is -0.596. The van der Waals surface area contributed by atoms with E-state index in [0.29, 0.717) is 12.6 Å². The number of nitrogens with zero attached hydrogens (tertiary/aromatic N) is 1. The Labute approximate surface area is 120 Å². The first-order valence-corrected chi connectivity index (χ1v) is 7.76. The van der Waals surface area contributed by atoms with Crippen LogP contribution < -0.4 is 0 Å². The molecule has 1 N–H and O–H groups in total. The lowest BCUT2D eigenvalue weighted by Crippen LogP contribution is -2.46. The monoisotopic (exact) mass is 331 g/mol. The summed E-state index contributed by atoms with van der Waals surface area (Å²) in [4.78, 5) is 14.9. The molecule has 0 aromatic carbocycles. The van der Waals surface area contributed by atoms with Gasteiger partial charge < -0.3 is 5.11 Å². The summed E-state index contributed by atoms with van der Waals surface area (Å²) in [6.07, 6.45) is 1.74. The molecule has 5 heteroatoms. The lowest BCUT2D eigenvalue weighted by molar-refractivity contribution is -0.151. The molecule has 0 aliphatic carbocycles. The number of likely N-dealkylation sites (tertiary alicyclic amines) is 1. The van der Waals surface area contributed by atoms with Gasteiger partial charge in [-0.25, -0.2) is 0 Å². The fourth-order valence-electron chi connectivity index (χ4n) is 2.52. The van der Waals surface area contributed by atoms with Crippen molar-refractivity contribution in [2.75, 3.05) is 13.1 Å². The van der Waals surface area contributed by atoms with E-state index in [1.807, 2.05) is 6.92 Å². The van der Waals surface area contributed by atoms with Crippen molar-refractivity contribution < 1.29 is 9.90 Å². The highest BCUT2D eigenvalue weighted by Crippen LogP contribution is 2.36. The molecule has 2 rings (SSSR count). The second kappa shape index (κ2) is 5.31. The number of piperidine rings is 1. The summed E-state index contributed by atoms with van der Waals surface area (Å²) in [6, 6.07) is 4.46. The van der Waals surface area contributed by atoms with E-state index in [1.54, 1.807) is 11.3 Å². The first-order valence-electron chi connectivity index (χ1n) is 6.15. The van der Waals surface area contributed by atoms with Gasteiger partial charge in [-0.3, -0.25) is 9.69 Å². The van der Waals surface area contributed by atoms with Crippen LogP contribution in [0.2, 0.25) is 0 Å². The molecule has 0 spiro atoms. The lowest BCUT2D eigenvalue weighted by Gasteiger charge is -2.40. The summed E-state index contributed by atoms with van der Waals surface area (Å²) in [5.74, 6) is -0.674. The molecule has 18 heavy (non-hydrogen) atoms. The molecule has 1 fully saturated rings. The first-order chi connectivity index (χ1) is 8.42. The molecule has 2 atom stereocenters. The van der Waals surface area contributed by atoms with Crippen LogP contribution in [0.1, 0.15) is 37.6 Å². The van der Waals surface area contributed by atoms with Gasteiger partial charge >= 0.3 is 5.97 Å². The molecule has 0 radical (unpaired) electrons. The van der Waals surface area contributed by atoms with E-state index in [1.165, 1.54) is 4.88 Å². The number of halogens is 1. The van der Waals surface area contributed by atoms with Crippen molar-refractivity contribution in [2.45, 2.75) is 32.7 Å². The average molecular weight is 332 g/mol. The van der Waals surface area contributed by atoms with Gasteiger partial charge in [-0.15, -0.1) is 11.3 Å². The van der Waals surface area contributed by atoms with Crippen molar-refractivity contribution in [2.24, 2.45) is 5.41 Å². The molecular formula is C13H18BrNO2S. The molecule has 2 heterocycles. The largest absolute Gasteiger partial charge is 0.481 e. The van der Waals surface area contributed by atoms with Crippen molar-refractivity contribution >= 4 is 33.2 Å². The number of hydrogen-bond acceptors (Lipinski definition) is 3. The summed E-state index contributed by atoms with van der Waals surface area (Å²) < 4.78 is 1.13. The third kappa shape index (κ3) is 2.78. The van der Waals surface area contributed by atoms with Crippen LogP contribution in [0.25, 0.3) is 0 Å². The van der Waals surface area contributed by atoms with E-state index in [-0.39, 0.29) is 0 Å². The Balaban J connectivity index is 2.11. The fourth-order valence-corrected chi connectivity index (χ4v) is 4.03. The van der Waals surface area contributed by atoms with Crippen LogP contribution in [0.3, 0.4) is 0 Å².